The van der Waals surface area contributed by atoms with E-state index < -0.39 is 12.0 Å². The Kier molecular flexibility index (Phi) is 3.78. The number of fused-ring (bicyclic) bond motifs is 1. The van der Waals surface area contributed by atoms with Gasteiger partial charge in [0.2, 0.25) is 0 Å². The molecule has 1 heterocycles. The number of benzene rings is 2. The summed E-state index contributed by atoms with van der Waals surface area (Å²) in [5, 5.41) is 12.3. The second-order valence-electron chi connectivity index (χ2n) is 5.22. The molecule has 0 aliphatic heterocycles. The molecule has 3 rings (SSSR count). The number of nitrogens with one attached hydrogen (secondary N) is 1. The first-order valence-electron chi connectivity index (χ1n) is 7.02. The maximum atomic E-state index is 11.5. The summed E-state index contributed by atoms with van der Waals surface area (Å²) in [4.78, 5) is 15.7. The van der Waals surface area contributed by atoms with Gasteiger partial charge in [-0.25, -0.2) is 4.79 Å². The van der Waals surface area contributed by atoms with Crippen molar-refractivity contribution >= 4 is 23.1 Å². The van der Waals surface area contributed by atoms with E-state index in [0.29, 0.717) is 17.5 Å². The van der Waals surface area contributed by atoms with E-state index in [1.165, 1.54) is 0 Å². The number of para-hydroxylation sites is 2. The summed E-state index contributed by atoms with van der Waals surface area (Å²) in [6, 6.07) is 14.5. The molecular formula is C17H16N2O3. The molecule has 0 aliphatic carbocycles. The normalized spacial score (nSPS) is 12.2. The number of anilines is 1. The molecule has 0 radical (unpaired) electrons. The third-order valence-electron chi connectivity index (χ3n) is 3.41. The van der Waals surface area contributed by atoms with Gasteiger partial charge in [-0.3, -0.25) is 0 Å². The number of carboxylic acids is 1. The lowest BCUT2D eigenvalue weighted by atomic mass is 10.0. The fourth-order valence-electron chi connectivity index (χ4n) is 2.36. The molecule has 5 nitrogen and oxygen atoms in total. The average molecular weight is 296 g/mol. The van der Waals surface area contributed by atoms with Crippen LogP contribution in [0.3, 0.4) is 0 Å². The number of carboxylic acid groups (broad SMARTS) is 1. The number of hydrogen-bond acceptors (Lipinski definition) is 4. The van der Waals surface area contributed by atoms with Crippen LogP contribution in [0.4, 0.5) is 6.01 Å². The number of aliphatic carboxylic acids is 1. The first kappa shape index (κ1) is 14.1. The lowest BCUT2D eigenvalue weighted by molar-refractivity contribution is -0.137. The van der Waals surface area contributed by atoms with Crippen molar-refractivity contribution < 1.29 is 14.3 Å². The Morgan fingerprint density at radius 1 is 1.27 bits per heavy atom. The van der Waals surface area contributed by atoms with E-state index in [4.69, 9.17) is 4.42 Å². The van der Waals surface area contributed by atoms with Crippen LogP contribution in [0.15, 0.2) is 52.9 Å². The average Bonchev–Trinajstić information content (AvgIpc) is 2.89. The molecule has 3 aromatic rings. The smallest absolute Gasteiger partial charge is 0.326 e. The van der Waals surface area contributed by atoms with Gasteiger partial charge in [0, 0.05) is 6.42 Å². The maximum Gasteiger partial charge on any atom is 0.326 e. The van der Waals surface area contributed by atoms with Crippen LogP contribution >= 0.6 is 0 Å². The van der Waals surface area contributed by atoms with Crippen molar-refractivity contribution in [3.05, 3.63) is 59.7 Å². The van der Waals surface area contributed by atoms with Crippen LogP contribution in [-0.4, -0.2) is 22.1 Å². The summed E-state index contributed by atoms with van der Waals surface area (Å²) in [7, 11) is 0. The van der Waals surface area contributed by atoms with Crippen LogP contribution in [0.25, 0.3) is 11.1 Å². The second kappa shape index (κ2) is 5.89. The molecule has 0 saturated carbocycles. The van der Waals surface area contributed by atoms with Gasteiger partial charge in [-0.05, 0) is 24.6 Å². The highest BCUT2D eigenvalue weighted by Crippen LogP contribution is 2.19. The van der Waals surface area contributed by atoms with Crippen LogP contribution in [0, 0.1) is 6.92 Å². The predicted octanol–water partition coefficient (Wildman–Crippen LogP) is 3.24. The minimum absolute atomic E-state index is 0.223. The molecule has 0 aliphatic rings. The second-order valence-corrected chi connectivity index (χ2v) is 5.22. The zero-order valence-electron chi connectivity index (χ0n) is 12.1. The number of hydrogen-bond donors (Lipinski definition) is 2. The van der Waals surface area contributed by atoms with Gasteiger partial charge < -0.3 is 14.8 Å². The molecule has 5 heteroatoms. The third kappa shape index (κ3) is 3.09. The van der Waals surface area contributed by atoms with Crippen molar-refractivity contribution in [3.8, 4) is 0 Å². The lowest BCUT2D eigenvalue weighted by Gasteiger charge is -2.13. The minimum Gasteiger partial charge on any atom is -0.480 e. The van der Waals surface area contributed by atoms with Crippen molar-refractivity contribution in [1.82, 2.24) is 4.98 Å². The highest BCUT2D eigenvalue weighted by atomic mass is 16.4. The Bertz CT molecular complexity index is 777. The van der Waals surface area contributed by atoms with Crippen molar-refractivity contribution in [2.45, 2.75) is 19.4 Å². The quantitative estimate of drug-likeness (QED) is 0.756. The van der Waals surface area contributed by atoms with Crippen LogP contribution in [0.5, 0.6) is 0 Å². The molecule has 0 fully saturated rings. The van der Waals surface area contributed by atoms with E-state index in [1.807, 2.05) is 49.4 Å². The number of aryl methyl sites for hydroxylation is 1. The van der Waals surface area contributed by atoms with E-state index in [9.17, 15) is 9.90 Å². The van der Waals surface area contributed by atoms with E-state index in [-0.39, 0.29) is 6.01 Å². The molecule has 2 N–H and O–H groups in total. The fourth-order valence-corrected chi connectivity index (χ4v) is 2.36. The highest BCUT2D eigenvalue weighted by Gasteiger charge is 2.20. The molecule has 0 spiro atoms. The Morgan fingerprint density at radius 2 is 2.09 bits per heavy atom. The molecule has 1 atom stereocenters. The van der Waals surface area contributed by atoms with Crippen LogP contribution in [0.1, 0.15) is 11.1 Å². The number of oxazole rings is 1. The van der Waals surface area contributed by atoms with Crippen molar-refractivity contribution in [2.75, 3.05) is 5.32 Å². The van der Waals surface area contributed by atoms with Crippen LogP contribution in [-0.2, 0) is 11.2 Å². The van der Waals surface area contributed by atoms with Crippen molar-refractivity contribution in [2.24, 2.45) is 0 Å². The van der Waals surface area contributed by atoms with Gasteiger partial charge in [-0.1, -0.05) is 42.0 Å². The first-order valence-corrected chi connectivity index (χ1v) is 7.02. The SMILES string of the molecule is Cc1cccc(CC(Nc2nc3ccccc3o2)C(=O)O)c1. The predicted molar refractivity (Wildman–Crippen MR) is 83.9 cm³/mol. The number of nitrogens with zero attached hydrogens (tertiary/aromatic N) is 1. The first-order chi connectivity index (χ1) is 10.6. The maximum absolute atomic E-state index is 11.5. The van der Waals surface area contributed by atoms with Crippen LogP contribution < -0.4 is 5.32 Å². The van der Waals surface area contributed by atoms with Crippen molar-refractivity contribution in [3.63, 3.8) is 0 Å². The Morgan fingerprint density at radius 3 is 2.82 bits per heavy atom. The van der Waals surface area contributed by atoms with Crippen molar-refractivity contribution in [1.29, 1.82) is 0 Å². The van der Waals surface area contributed by atoms with E-state index in [2.05, 4.69) is 10.3 Å². The largest absolute Gasteiger partial charge is 0.480 e. The van der Waals surface area contributed by atoms with E-state index >= 15 is 0 Å². The third-order valence-corrected chi connectivity index (χ3v) is 3.41. The molecule has 2 aromatic carbocycles. The standard InChI is InChI=1S/C17H16N2O3/c1-11-5-4-6-12(9-11)10-14(16(20)21)19-17-18-13-7-2-3-8-15(13)22-17/h2-9,14H,10H2,1H3,(H,18,19)(H,20,21). The summed E-state index contributed by atoms with van der Waals surface area (Å²) >= 11 is 0. The highest BCUT2D eigenvalue weighted by molar-refractivity contribution is 5.78. The van der Waals surface area contributed by atoms with Gasteiger partial charge in [0.15, 0.2) is 5.58 Å². The monoisotopic (exact) mass is 296 g/mol. The Hall–Kier alpha value is -2.82. The molecule has 0 bridgehead atoms. The van der Waals surface area contributed by atoms with Crippen LogP contribution in [0.2, 0.25) is 0 Å². The zero-order chi connectivity index (χ0) is 15.5. The number of carbonyl (C=O) groups is 1. The summed E-state index contributed by atoms with van der Waals surface area (Å²) in [6.07, 6.45) is 0.357. The summed E-state index contributed by atoms with van der Waals surface area (Å²) < 4.78 is 5.52. The zero-order valence-corrected chi connectivity index (χ0v) is 12.1. The molecule has 112 valence electrons. The number of rotatable bonds is 5. The van der Waals surface area contributed by atoms with E-state index in [0.717, 1.165) is 11.1 Å². The molecule has 1 aromatic heterocycles. The summed E-state index contributed by atoms with van der Waals surface area (Å²) in [6.45, 7) is 1.98. The van der Waals surface area contributed by atoms with Gasteiger partial charge in [0.05, 0.1) is 0 Å². The van der Waals surface area contributed by atoms with Gasteiger partial charge >= 0.3 is 5.97 Å². The Balaban J connectivity index is 1.80. The Labute approximate surface area is 127 Å². The molecule has 0 saturated heterocycles. The molecule has 0 amide bonds. The minimum atomic E-state index is -0.941. The van der Waals surface area contributed by atoms with Gasteiger partial charge in [0.1, 0.15) is 11.6 Å². The summed E-state index contributed by atoms with van der Waals surface area (Å²) in [5.41, 5.74) is 3.38. The fraction of sp³-hybridized carbons (Fsp3) is 0.176. The molecule has 22 heavy (non-hydrogen) atoms. The topological polar surface area (TPSA) is 75.4 Å². The van der Waals surface area contributed by atoms with Gasteiger partial charge in [-0.15, -0.1) is 0 Å². The van der Waals surface area contributed by atoms with E-state index in [1.54, 1.807) is 6.07 Å². The summed E-state index contributed by atoms with van der Waals surface area (Å²) in [5.74, 6) is -0.941. The molecule has 1 unspecified atom stereocenters. The van der Waals surface area contributed by atoms with Gasteiger partial charge in [0.25, 0.3) is 6.01 Å². The number of aromatic nitrogens is 1. The van der Waals surface area contributed by atoms with Gasteiger partial charge in [-0.2, -0.15) is 4.98 Å². The molecular weight excluding hydrogens is 280 g/mol. The lowest BCUT2D eigenvalue weighted by Crippen LogP contribution is -2.31.